The Hall–Kier alpha value is -1.26. The van der Waals surface area contributed by atoms with Gasteiger partial charge in [0.05, 0.1) is 22.0 Å². The molecule has 1 aromatic carbocycles. The third-order valence-corrected chi connectivity index (χ3v) is 4.08. The van der Waals surface area contributed by atoms with Crippen molar-refractivity contribution in [1.82, 2.24) is 0 Å². The van der Waals surface area contributed by atoms with Crippen molar-refractivity contribution in [3.63, 3.8) is 0 Å². The zero-order chi connectivity index (χ0) is 12.4. The molecule has 2 atom stereocenters. The molecule has 17 heavy (non-hydrogen) atoms. The lowest BCUT2D eigenvalue weighted by molar-refractivity contribution is -0.140. The molecule has 0 aromatic heterocycles. The van der Waals surface area contributed by atoms with Crippen LogP contribution in [0.25, 0.3) is 0 Å². The van der Waals surface area contributed by atoms with E-state index in [0.29, 0.717) is 21.3 Å². The maximum absolute atomic E-state index is 11.9. The molecule has 1 aliphatic heterocycles. The molecule has 1 saturated carbocycles. The first kappa shape index (κ1) is 10.9. The molecular weight excluding hydrogens is 265 g/mol. The molecule has 6 heteroatoms. The van der Waals surface area contributed by atoms with Crippen LogP contribution in [-0.4, -0.2) is 17.0 Å². The quantitative estimate of drug-likeness (QED) is 0.824. The van der Waals surface area contributed by atoms with Crippen LogP contribution >= 0.6 is 23.2 Å². The monoisotopic (exact) mass is 271 g/mol. The third kappa shape index (κ3) is 1.20. The fraction of sp³-hybridized carbons (Fsp3) is 0.273. The van der Waals surface area contributed by atoms with Crippen molar-refractivity contribution in [3.8, 4) is 0 Å². The summed E-state index contributed by atoms with van der Waals surface area (Å²) >= 11 is 12.0. The Kier molecular flexibility index (Phi) is 2.01. The van der Waals surface area contributed by atoms with Gasteiger partial charge in [-0.25, -0.2) is 0 Å². The van der Waals surface area contributed by atoms with Crippen molar-refractivity contribution in [2.75, 3.05) is 5.32 Å². The summed E-state index contributed by atoms with van der Waals surface area (Å²) in [6.45, 7) is 0. The van der Waals surface area contributed by atoms with Crippen molar-refractivity contribution in [2.24, 2.45) is 5.92 Å². The van der Waals surface area contributed by atoms with Gasteiger partial charge in [-0.2, -0.15) is 0 Å². The molecule has 1 fully saturated rings. The van der Waals surface area contributed by atoms with E-state index in [2.05, 4.69) is 5.32 Å². The van der Waals surface area contributed by atoms with E-state index in [9.17, 15) is 9.59 Å². The van der Waals surface area contributed by atoms with Crippen molar-refractivity contribution in [1.29, 1.82) is 0 Å². The highest BCUT2D eigenvalue weighted by Crippen LogP contribution is 2.62. The fourth-order valence-corrected chi connectivity index (χ4v) is 3.07. The topological polar surface area (TPSA) is 66.4 Å². The van der Waals surface area contributed by atoms with E-state index in [0.717, 1.165) is 0 Å². The molecule has 88 valence electrons. The van der Waals surface area contributed by atoms with Crippen LogP contribution < -0.4 is 5.32 Å². The van der Waals surface area contributed by atoms with E-state index < -0.39 is 17.3 Å². The summed E-state index contributed by atoms with van der Waals surface area (Å²) in [5, 5.41) is 12.4. The molecule has 0 bridgehead atoms. The van der Waals surface area contributed by atoms with Gasteiger partial charge in [0.2, 0.25) is 5.91 Å². The third-order valence-electron chi connectivity index (χ3n) is 3.45. The molecule has 0 radical (unpaired) electrons. The number of nitrogens with one attached hydrogen (secondary N) is 1. The van der Waals surface area contributed by atoms with Gasteiger partial charge in [0.15, 0.2) is 0 Å². The predicted octanol–water partition coefficient (Wildman–Crippen LogP) is 2.29. The van der Waals surface area contributed by atoms with Crippen molar-refractivity contribution < 1.29 is 14.7 Å². The minimum absolute atomic E-state index is 0.279. The van der Waals surface area contributed by atoms with Crippen LogP contribution in [-0.2, 0) is 15.0 Å². The zero-order valence-electron chi connectivity index (χ0n) is 8.46. The largest absolute Gasteiger partial charge is 0.481 e. The van der Waals surface area contributed by atoms with Gasteiger partial charge in [0.25, 0.3) is 0 Å². The number of hydrogen-bond acceptors (Lipinski definition) is 2. The lowest BCUT2D eigenvalue weighted by Crippen LogP contribution is -2.24. The van der Waals surface area contributed by atoms with E-state index >= 15 is 0 Å². The number of hydrogen-bond donors (Lipinski definition) is 2. The maximum atomic E-state index is 11.9. The summed E-state index contributed by atoms with van der Waals surface area (Å²) in [5.74, 6) is -2.02. The minimum atomic E-state index is -1.01. The zero-order valence-corrected chi connectivity index (χ0v) is 9.97. The van der Waals surface area contributed by atoms with E-state index in [-0.39, 0.29) is 12.3 Å². The lowest BCUT2D eigenvalue weighted by atomic mass is 9.94. The number of fused-ring (bicyclic) bond motifs is 2. The van der Waals surface area contributed by atoms with Gasteiger partial charge in [0, 0.05) is 10.6 Å². The summed E-state index contributed by atoms with van der Waals surface area (Å²) < 4.78 is 0. The molecule has 0 saturated heterocycles. The first-order valence-electron chi connectivity index (χ1n) is 5.01. The van der Waals surface area contributed by atoms with Crippen LogP contribution in [0, 0.1) is 5.92 Å². The van der Waals surface area contributed by atoms with Crippen LogP contribution in [0.4, 0.5) is 5.69 Å². The molecule has 4 nitrogen and oxygen atoms in total. The number of carboxylic acid groups (broad SMARTS) is 1. The van der Waals surface area contributed by atoms with Crippen LogP contribution in [0.5, 0.6) is 0 Å². The number of benzene rings is 1. The van der Waals surface area contributed by atoms with Crippen molar-refractivity contribution in [2.45, 2.75) is 11.8 Å². The summed E-state index contributed by atoms with van der Waals surface area (Å²) in [6.07, 6.45) is 0.279. The van der Waals surface area contributed by atoms with Gasteiger partial charge in [-0.05, 0) is 18.6 Å². The van der Waals surface area contributed by atoms with Gasteiger partial charge < -0.3 is 10.4 Å². The maximum Gasteiger partial charge on any atom is 0.307 e. The van der Waals surface area contributed by atoms with Crippen LogP contribution in [0.2, 0.25) is 10.0 Å². The molecule has 1 spiro atoms. The summed E-state index contributed by atoms with van der Waals surface area (Å²) in [7, 11) is 0. The lowest BCUT2D eigenvalue weighted by Gasteiger charge is -2.08. The van der Waals surface area contributed by atoms with E-state index in [1.165, 1.54) is 0 Å². The molecule has 1 aromatic rings. The molecule has 2 unspecified atom stereocenters. The number of halogens is 2. The molecule has 2 aliphatic rings. The summed E-state index contributed by atoms with van der Waals surface area (Å²) in [6, 6.07) is 3.17. The van der Waals surface area contributed by atoms with Crippen LogP contribution in [0.3, 0.4) is 0 Å². The van der Waals surface area contributed by atoms with Gasteiger partial charge in [-0.15, -0.1) is 0 Å². The Morgan fingerprint density at radius 1 is 1.41 bits per heavy atom. The van der Waals surface area contributed by atoms with E-state index in [1.54, 1.807) is 12.1 Å². The number of carbonyl (C=O) groups excluding carboxylic acids is 1. The molecule has 1 amide bonds. The minimum Gasteiger partial charge on any atom is -0.481 e. The fourth-order valence-electron chi connectivity index (χ4n) is 2.54. The SMILES string of the molecule is O=C(O)C1CC12C(=O)Nc1c(Cl)ccc(Cl)c12. The van der Waals surface area contributed by atoms with E-state index in [4.69, 9.17) is 28.3 Å². The second-order valence-corrected chi connectivity index (χ2v) is 5.11. The molecule has 2 N–H and O–H groups in total. The first-order chi connectivity index (χ1) is 7.98. The number of carbonyl (C=O) groups is 2. The second kappa shape index (κ2) is 3.15. The Labute approximate surface area is 107 Å². The Bertz CT molecular complexity index is 572. The average molecular weight is 272 g/mol. The molecule has 3 rings (SSSR count). The highest BCUT2D eigenvalue weighted by Gasteiger charge is 2.69. The number of rotatable bonds is 1. The Morgan fingerprint density at radius 2 is 2.06 bits per heavy atom. The predicted molar refractivity (Wildman–Crippen MR) is 62.5 cm³/mol. The van der Waals surface area contributed by atoms with Gasteiger partial charge in [-0.3, -0.25) is 9.59 Å². The number of anilines is 1. The smallest absolute Gasteiger partial charge is 0.307 e. The average Bonchev–Trinajstić information content (AvgIpc) is 2.92. The van der Waals surface area contributed by atoms with Crippen molar-refractivity contribution >= 4 is 40.8 Å². The van der Waals surface area contributed by atoms with E-state index in [1.807, 2.05) is 0 Å². The van der Waals surface area contributed by atoms with Crippen LogP contribution in [0.1, 0.15) is 12.0 Å². The molecular formula is C11H7Cl2NO3. The highest BCUT2D eigenvalue weighted by atomic mass is 35.5. The second-order valence-electron chi connectivity index (χ2n) is 4.30. The summed E-state index contributed by atoms with van der Waals surface area (Å²) in [4.78, 5) is 23.0. The Balaban J connectivity index is 2.22. The van der Waals surface area contributed by atoms with Gasteiger partial charge in [-0.1, -0.05) is 23.2 Å². The normalized spacial score (nSPS) is 29.1. The summed E-state index contributed by atoms with van der Waals surface area (Å²) in [5.41, 5.74) is -0.0274. The van der Waals surface area contributed by atoms with Crippen molar-refractivity contribution in [3.05, 3.63) is 27.7 Å². The first-order valence-corrected chi connectivity index (χ1v) is 5.77. The van der Waals surface area contributed by atoms with Gasteiger partial charge in [0.1, 0.15) is 0 Å². The number of aliphatic carboxylic acids is 1. The standard InChI is InChI=1S/C11H7Cl2NO3/c12-5-1-2-6(13)8-7(5)11(10(17)14-8)3-4(11)9(15)16/h1-2,4H,3H2,(H,14,17)(H,15,16). The highest BCUT2D eigenvalue weighted by molar-refractivity contribution is 6.38. The number of carboxylic acids is 1. The Morgan fingerprint density at radius 3 is 2.65 bits per heavy atom. The molecule has 1 heterocycles. The van der Waals surface area contributed by atoms with Crippen LogP contribution in [0.15, 0.2) is 12.1 Å². The van der Waals surface area contributed by atoms with Gasteiger partial charge >= 0.3 is 5.97 Å². The number of amides is 1. The molecule has 1 aliphatic carbocycles.